The minimum Gasteiger partial charge on any atom is -0.495 e. The van der Waals surface area contributed by atoms with Gasteiger partial charge in [-0.25, -0.2) is 4.98 Å². The van der Waals surface area contributed by atoms with E-state index in [2.05, 4.69) is 10.3 Å². The number of rotatable bonds is 7. The third kappa shape index (κ3) is 4.77. The topological polar surface area (TPSA) is 65.4 Å². The lowest BCUT2D eigenvalue weighted by Crippen LogP contribution is -2.36. The van der Waals surface area contributed by atoms with Gasteiger partial charge < -0.3 is 19.4 Å². The molecule has 0 saturated heterocycles. The Morgan fingerprint density at radius 1 is 1.17 bits per heavy atom. The lowest BCUT2D eigenvalue weighted by atomic mass is 10.1. The summed E-state index contributed by atoms with van der Waals surface area (Å²) in [4.78, 5) is 16.9. The molecule has 152 valence electrons. The molecule has 0 aliphatic rings. The molecular formula is C23H27N3O3. The van der Waals surface area contributed by atoms with Gasteiger partial charge in [0, 0.05) is 11.8 Å². The van der Waals surface area contributed by atoms with E-state index in [9.17, 15) is 4.79 Å². The number of hydrogen-bond donors (Lipinski definition) is 1. The van der Waals surface area contributed by atoms with Gasteiger partial charge in [-0.2, -0.15) is 0 Å². The first-order valence-electron chi connectivity index (χ1n) is 9.58. The molecule has 6 heteroatoms. The molecule has 29 heavy (non-hydrogen) atoms. The Morgan fingerprint density at radius 2 is 1.90 bits per heavy atom. The minimum absolute atomic E-state index is 0.150. The molecule has 0 saturated carbocycles. The number of benzene rings is 2. The standard InChI is InChI=1S/C23H27N3O3/c1-15-7-6-8-16(2)22(15)29-13-18(4)25-23(27)19-9-10-20(21(11-19)28-5)26-12-17(3)24-14-26/h6-12,14,18H,13H2,1-5H3,(H,25,27). The number of methoxy groups -OCH3 is 1. The number of aryl methyl sites for hydroxylation is 3. The maximum absolute atomic E-state index is 12.7. The third-order valence-electron chi connectivity index (χ3n) is 4.70. The summed E-state index contributed by atoms with van der Waals surface area (Å²) in [5.74, 6) is 1.30. The molecule has 2 aromatic carbocycles. The van der Waals surface area contributed by atoms with Crippen LogP contribution in [0.15, 0.2) is 48.9 Å². The number of nitrogens with zero attached hydrogens (tertiary/aromatic N) is 2. The van der Waals surface area contributed by atoms with E-state index in [1.807, 2.05) is 62.7 Å². The van der Waals surface area contributed by atoms with Crippen molar-refractivity contribution < 1.29 is 14.3 Å². The van der Waals surface area contributed by atoms with E-state index in [4.69, 9.17) is 9.47 Å². The number of carbonyl (C=O) groups excluding carboxylic acids is 1. The largest absolute Gasteiger partial charge is 0.495 e. The molecule has 0 bridgehead atoms. The van der Waals surface area contributed by atoms with Crippen LogP contribution in [0.4, 0.5) is 0 Å². The van der Waals surface area contributed by atoms with Gasteiger partial charge in [-0.1, -0.05) is 18.2 Å². The average molecular weight is 393 g/mol. The van der Waals surface area contributed by atoms with E-state index in [0.29, 0.717) is 17.9 Å². The van der Waals surface area contributed by atoms with E-state index >= 15 is 0 Å². The van der Waals surface area contributed by atoms with Crippen LogP contribution >= 0.6 is 0 Å². The van der Waals surface area contributed by atoms with Gasteiger partial charge in [0.1, 0.15) is 18.1 Å². The lowest BCUT2D eigenvalue weighted by molar-refractivity contribution is 0.0926. The molecule has 3 rings (SSSR count). The first-order valence-corrected chi connectivity index (χ1v) is 9.58. The van der Waals surface area contributed by atoms with Crippen LogP contribution < -0.4 is 14.8 Å². The van der Waals surface area contributed by atoms with Gasteiger partial charge in [-0.05, 0) is 57.0 Å². The monoisotopic (exact) mass is 393 g/mol. The second kappa shape index (κ2) is 8.82. The molecule has 1 unspecified atom stereocenters. The van der Waals surface area contributed by atoms with Crippen molar-refractivity contribution in [2.75, 3.05) is 13.7 Å². The normalized spacial score (nSPS) is 11.8. The van der Waals surface area contributed by atoms with Gasteiger partial charge in [0.15, 0.2) is 0 Å². The number of ether oxygens (including phenoxy) is 2. The number of nitrogens with one attached hydrogen (secondary N) is 1. The summed E-state index contributed by atoms with van der Waals surface area (Å²) in [5.41, 5.74) is 4.43. The van der Waals surface area contributed by atoms with Crippen LogP contribution in [0.25, 0.3) is 5.69 Å². The summed E-state index contributed by atoms with van der Waals surface area (Å²) in [6, 6.07) is 11.3. The van der Waals surface area contributed by atoms with Gasteiger partial charge in [0.25, 0.3) is 5.91 Å². The molecule has 6 nitrogen and oxygen atoms in total. The molecule has 0 radical (unpaired) electrons. The predicted octanol–water partition coefficient (Wildman–Crippen LogP) is 4.00. The van der Waals surface area contributed by atoms with Crippen molar-refractivity contribution in [3.8, 4) is 17.2 Å². The van der Waals surface area contributed by atoms with E-state index in [0.717, 1.165) is 28.3 Å². The zero-order chi connectivity index (χ0) is 21.0. The maximum Gasteiger partial charge on any atom is 0.251 e. The van der Waals surface area contributed by atoms with E-state index in [1.54, 1.807) is 25.6 Å². The van der Waals surface area contributed by atoms with E-state index in [-0.39, 0.29) is 11.9 Å². The fourth-order valence-electron chi connectivity index (χ4n) is 3.17. The zero-order valence-electron chi connectivity index (χ0n) is 17.5. The maximum atomic E-state index is 12.7. The summed E-state index contributed by atoms with van der Waals surface area (Å²) in [5, 5.41) is 2.98. The third-order valence-corrected chi connectivity index (χ3v) is 4.70. The molecule has 0 fully saturated rings. The highest BCUT2D eigenvalue weighted by atomic mass is 16.5. The number of aromatic nitrogens is 2. The first kappa shape index (κ1) is 20.5. The minimum atomic E-state index is -0.172. The molecule has 1 atom stereocenters. The van der Waals surface area contributed by atoms with Crippen LogP contribution in [0.5, 0.6) is 11.5 Å². The molecule has 0 spiro atoms. The Labute approximate surface area is 171 Å². The van der Waals surface area contributed by atoms with E-state index in [1.165, 1.54) is 0 Å². The van der Waals surface area contributed by atoms with Crippen LogP contribution in [0, 0.1) is 20.8 Å². The lowest BCUT2D eigenvalue weighted by Gasteiger charge is -2.18. The molecule has 3 aromatic rings. The van der Waals surface area contributed by atoms with E-state index < -0.39 is 0 Å². The highest BCUT2D eigenvalue weighted by Gasteiger charge is 2.15. The zero-order valence-corrected chi connectivity index (χ0v) is 17.5. The Balaban J connectivity index is 1.67. The van der Waals surface area contributed by atoms with Crippen molar-refractivity contribution in [1.29, 1.82) is 0 Å². The van der Waals surface area contributed by atoms with Gasteiger partial charge in [-0.3, -0.25) is 4.79 Å². The Morgan fingerprint density at radius 3 is 2.52 bits per heavy atom. The Kier molecular flexibility index (Phi) is 6.22. The summed E-state index contributed by atoms with van der Waals surface area (Å²) in [6.45, 7) is 8.27. The molecule has 0 aliphatic heterocycles. The van der Waals surface area contributed by atoms with Crippen molar-refractivity contribution in [3.63, 3.8) is 0 Å². The van der Waals surface area contributed by atoms with Crippen molar-refractivity contribution in [2.24, 2.45) is 0 Å². The predicted molar refractivity (Wildman–Crippen MR) is 113 cm³/mol. The van der Waals surface area contributed by atoms with Crippen LogP contribution in [0.3, 0.4) is 0 Å². The summed E-state index contributed by atoms with van der Waals surface area (Å²) < 4.78 is 13.3. The molecule has 1 N–H and O–H groups in total. The first-order chi connectivity index (χ1) is 13.9. The van der Waals surface area contributed by atoms with Gasteiger partial charge in [0.2, 0.25) is 0 Å². The Bertz CT molecular complexity index is 990. The summed E-state index contributed by atoms with van der Waals surface area (Å²) in [7, 11) is 1.59. The van der Waals surface area contributed by atoms with Crippen molar-refractivity contribution in [1.82, 2.24) is 14.9 Å². The van der Waals surface area contributed by atoms with Crippen molar-refractivity contribution >= 4 is 5.91 Å². The molecule has 0 aliphatic carbocycles. The van der Waals surface area contributed by atoms with Crippen LogP contribution in [-0.4, -0.2) is 35.2 Å². The molecule has 1 aromatic heterocycles. The van der Waals surface area contributed by atoms with Gasteiger partial charge in [0.05, 0.1) is 30.9 Å². The highest BCUT2D eigenvalue weighted by molar-refractivity contribution is 5.95. The van der Waals surface area contributed by atoms with Gasteiger partial charge in [-0.15, -0.1) is 0 Å². The SMILES string of the molecule is COc1cc(C(=O)NC(C)COc2c(C)cccc2C)ccc1-n1cnc(C)c1. The van der Waals surface area contributed by atoms with Crippen LogP contribution in [0.1, 0.15) is 34.1 Å². The van der Waals surface area contributed by atoms with Crippen LogP contribution in [-0.2, 0) is 0 Å². The number of hydrogen-bond acceptors (Lipinski definition) is 4. The second-order valence-electron chi connectivity index (χ2n) is 7.22. The average Bonchev–Trinajstić information content (AvgIpc) is 3.13. The highest BCUT2D eigenvalue weighted by Crippen LogP contribution is 2.25. The smallest absolute Gasteiger partial charge is 0.251 e. The fourth-order valence-corrected chi connectivity index (χ4v) is 3.17. The van der Waals surface area contributed by atoms with Crippen LogP contribution in [0.2, 0.25) is 0 Å². The second-order valence-corrected chi connectivity index (χ2v) is 7.22. The summed E-state index contributed by atoms with van der Waals surface area (Å²) >= 11 is 0. The van der Waals surface area contributed by atoms with Crippen molar-refractivity contribution in [3.05, 3.63) is 71.3 Å². The molecule has 1 heterocycles. The Hall–Kier alpha value is -3.28. The van der Waals surface area contributed by atoms with Crippen molar-refractivity contribution in [2.45, 2.75) is 33.7 Å². The number of amides is 1. The number of para-hydroxylation sites is 1. The fraction of sp³-hybridized carbons (Fsp3) is 0.304. The van der Waals surface area contributed by atoms with Gasteiger partial charge >= 0.3 is 0 Å². The number of imidazole rings is 1. The molecule has 1 amide bonds. The summed E-state index contributed by atoms with van der Waals surface area (Å²) in [6.07, 6.45) is 3.63. The molecular weight excluding hydrogens is 366 g/mol. The number of carbonyl (C=O) groups is 1. The quantitative estimate of drug-likeness (QED) is 0.659.